The van der Waals surface area contributed by atoms with Crippen LogP contribution < -0.4 is 5.73 Å². The largest absolute Gasteiger partial charge is 0.321 e. The van der Waals surface area contributed by atoms with Gasteiger partial charge in [-0.1, -0.05) is 6.42 Å². The SMILES string of the molecule is CC(N)C(=O)c1ccnn1CC1CCC1. The van der Waals surface area contributed by atoms with E-state index in [-0.39, 0.29) is 5.78 Å². The van der Waals surface area contributed by atoms with Crippen molar-refractivity contribution in [2.45, 2.75) is 38.8 Å². The van der Waals surface area contributed by atoms with Crippen LogP contribution in [0, 0.1) is 5.92 Å². The van der Waals surface area contributed by atoms with Gasteiger partial charge in [0, 0.05) is 12.7 Å². The van der Waals surface area contributed by atoms with E-state index in [1.165, 1.54) is 19.3 Å². The van der Waals surface area contributed by atoms with Crippen molar-refractivity contribution in [1.29, 1.82) is 0 Å². The monoisotopic (exact) mass is 207 g/mol. The van der Waals surface area contributed by atoms with Crippen LogP contribution in [0.5, 0.6) is 0 Å². The predicted octanol–water partition coefficient (Wildman–Crippen LogP) is 1.21. The van der Waals surface area contributed by atoms with Gasteiger partial charge in [-0.3, -0.25) is 9.48 Å². The summed E-state index contributed by atoms with van der Waals surface area (Å²) in [6, 6.07) is 1.31. The van der Waals surface area contributed by atoms with Crippen molar-refractivity contribution >= 4 is 5.78 Å². The quantitative estimate of drug-likeness (QED) is 0.755. The molecule has 1 aliphatic rings. The summed E-state index contributed by atoms with van der Waals surface area (Å²) in [6.07, 6.45) is 5.49. The van der Waals surface area contributed by atoms with Crippen molar-refractivity contribution in [2.75, 3.05) is 0 Å². The molecule has 1 aromatic heterocycles. The fraction of sp³-hybridized carbons (Fsp3) is 0.636. The fourth-order valence-corrected chi connectivity index (χ4v) is 1.84. The van der Waals surface area contributed by atoms with Gasteiger partial charge in [0.15, 0.2) is 5.78 Å². The first-order valence-electron chi connectivity index (χ1n) is 5.50. The van der Waals surface area contributed by atoms with Crippen LogP contribution >= 0.6 is 0 Å². The highest BCUT2D eigenvalue weighted by Gasteiger charge is 2.21. The molecule has 2 rings (SSSR count). The van der Waals surface area contributed by atoms with Gasteiger partial charge in [0.05, 0.1) is 6.04 Å². The number of nitrogens with two attached hydrogens (primary N) is 1. The number of hydrogen-bond acceptors (Lipinski definition) is 3. The summed E-state index contributed by atoms with van der Waals surface area (Å²) in [4.78, 5) is 11.7. The number of carbonyl (C=O) groups is 1. The molecule has 0 bridgehead atoms. The van der Waals surface area contributed by atoms with E-state index < -0.39 is 6.04 Å². The van der Waals surface area contributed by atoms with Crippen LogP contribution in [0.15, 0.2) is 12.3 Å². The lowest BCUT2D eigenvalue weighted by molar-refractivity contribution is 0.0954. The Morgan fingerprint density at radius 1 is 1.73 bits per heavy atom. The number of nitrogens with zero attached hydrogens (tertiary/aromatic N) is 2. The zero-order valence-electron chi connectivity index (χ0n) is 9.02. The van der Waals surface area contributed by atoms with E-state index in [0.717, 1.165) is 6.54 Å². The van der Waals surface area contributed by atoms with E-state index >= 15 is 0 Å². The second-order valence-electron chi connectivity index (χ2n) is 4.35. The van der Waals surface area contributed by atoms with Crippen LogP contribution in [-0.4, -0.2) is 21.6 Å². The van der Waals surface area contributed by atoms with Gasteiger partial charge in [-0.25, -0.2) is 0 Å². The lowest BCUT2D eigenvalue weighted by Crippen LogP contribution is -2.30. The first kappa shape index (κ1) is 10.4. The average molecular weight is 207 g/mol. The summed E-state index contributed by atoms with van der Waals surface area (Å²) in [5, 5.41) is 4.18. The number of aromatic nitrogens is 2. The summed E-state index contributed by atoms with van der Waals surface area (Å²) in [6.45, 7) is 2.57. The molecule has 0 saturated heterocycles. The van der Waals surface area contributed by atoms with E-state index in [1.807, 2.05) is 0 Å². The topological polar surface area (TPSA) is 60.9 Å². The van der Waals surface area contributed by atoms with Gasteiger partial charge >= 0.3 is 0 Å². The molecule has 0 aliphatic heterocycles. The first-order valence-corrected chi connectivity index (χ1v) is 5.50. The Labute approximate surface area is 89.5 Å². The maximum Gasteiger partial charge on any atom is 0.197 e. The zero-order chi connectivity index (χ0) is 10.8. The molecular weight excluding hydrogens is 190 g/mol. The first-order chi connectivity index (χ1) is 7.18. The third-order valence-corrected chi connectivity index (χ3v) is 3.04. The molecule has 1 aromatic rings. The predicted molar refractivity (Wildman–Crippen MR) is 57.5 cm³/mol. The van der Waals surface area contributed by atoms with Crippen molar-refractivity contribution in [2.24, 2.45) is 11.7 Å². The van der Waals surface area contributed by atoms with Crippen LogP contribution in [0.1, 0.15) is 36.7 Å². The number of carbonyl (C=O) groups excluding carboxylic acids is 1. The van der Waals surface area contributed by atoms with Crippen LogP contribution in [0.2, 0.25) is 0 Å². The second kappa shape index (κ2) is 4.14. The summed E-state index contributed by atoms with van der Waals surface area (Å²) in [5.41, 5.74) is 6.23. The number of hydrogen-bond donors (Lipinski definition) is 1. The molecule has 0 radical (unpaired) electrons. The highest BCUT2D eigenvalue weighted by Crippen LogP contribution is 2.28. The van der Waals surface area contributed by atoms with Crippen molar-refractivity contribution in [3.05, 3.63) is 18.0 Å². The van der Waals surface area contributed by atoms with Crippen molar-refractivity contribution in [3.63, 3.8) is 0 Å². The Kier molecular flexibility index (Phi) is 2.86. The van der Waals surface area contributed by atoms with Crippen LogP contribution in [-0.2, 0) is 6.54 Å². The summed E-state index contributed by atoms with van der Waals surface area (Å²) < 4.78 is 1.80. The van der Waals surface area contributed by atoms with E-state index in [2.05, 4.69) is 5.10 Å². The third-order valence-electron chi connectivity index (χ3n) is 3.04. The number of rotatable bonds is 4. The van der Waals surface area contributed by atoms with Crippen molar-refractivity contribution in [1.82, 2.24) is 9.78 Å². The molecule has 0 aromatic carbocycles. The molecule has 0 spiro atoms. The molecule has 1 atom stereocenters. The van der Waals surface area contributed by atoms with Gasteiger partial charge in [0.25, 0.3) is 0 Å². The van der Waals surface area contributed by atoms with E-state index in [9.17, 15) is 4.79 Å². The molecule has 1 saturated carbocycles. The summed E-state index contributed by atoms with van der Waals surface area (Å²) in [5.74, 6) is 0.677. The summed E-state index contributed by atoms with van der Waals surface area (Å²) in [7, 11) is 0. The van der Waals surface area contributed by atoms with E-state index in [4.69, 9.17) is 5.73 Å². The van der Waals surface area contributed by atoms with Gasteiger partial charge < -0.3 is 5.73 Å². The lowest BCUT2D eigenvalue weighted by Gasteiger charge is -2.25. The summed E-state index contributed by atoms with van der Waals surface area (Å²) >= 11 is 0. The Morgan fingerprint density at radius 3 is 3.00 bits per heavy atom. The highest BCUT2D eigenvalue weighted by molar-refractivity contribution is 5.98. The van der Waals surface area contributed by atoms with Gasteiger partial charge in [-0.15, -0.1) is 0 Å². The third kappa shape index (κ3) is 2.09. The molecule has 4 nitrogen and oxygen atoms in total. The van der Waals surface area contributed by atoms with E-state index in [0.29, 0.717) is 11.6 Å². The van der Waals surface area contributed by atoms with Crippen molar-refractivity contribution in [3.8, 4) is 0 Å². The number of ketones is 1. The van der Waals surface area contributed by atoms with Crippen molar-refractivity contribution < 1.29 is 4.79 Å². The fourth-order valence-electron chi connectivity index (χ4n) is 1.84. The minimum atomic E-state index is -0.443. The molecule has 1 heterocycles. The molecule has 2 N–H and O–H groups in total. The molecule has 1 unspecified atom stereocenters. The van der Waals surface area contributed by atoms with Gasteiger partial charge in [0.2, 0.25) is 0 Å². The van der Waals surface area contributed by atoms with Crippen LogP contribution in [0.4, 0.5) is 0 Å². The van der Waals surface area contributed by atoms with Crippen LogP contribution in [0.3, 0.4) is 0 Å². The van der Waals surface area contributed by atoms with Crippen LogP contribution in [0.25, 0.3) is 0 Å². The molecule has 4 heteroatoms. The Morgan fingerprint density at radius 2 is 2.47 bits per heavy atom. The van der Waals surface area contributed by atoms with Gasteiger partial charge in [0.1, 0.15) is 5.69 Å². The lowest BCUT2D eigenvalue weighted by atomic mass is 9.85. The van der Waals surface area contributed by atoms with Gasteiger partial charge in [-0.2, -0.15) is 5.10 Å². The Hall–Kier alpha value is -1.16. The van der Waals surface area contributed by atoms with Gasteiger partial charge in [-0.05, 0) is 31.7 Å². The smallest absolute Gasteiger partial charge is 0.197 e. The van der Waals surface area contributed by atoms with E-state index in [1.54, 1.807) is 23.9 Å². The minimum absolute atomic E-state index is 0.0215. The maximum atomic E-state index is 11.7. The molecule has 15 heavy (non-hydrogen) atoms. The number of Topliss-reactive ketones (excluding diaryl/α,β-unsaturated/α-hetero) is 1. The Bertz CT molecular complexity index is 352. The zero-order valence-corrected chi connectivity index (χ0v) is 9.02. The molecule has 82 valence electrons. The second-order valence-corrected chi connectivity index (χ2v) is 4.35. The standard InChI is InChI=1S/C11H17N3O/c1-8(12)11(15)10-5-6-13-14(10)7-9-3-2-4-9/h5-6,8-9H,2-4,7,12H2,1H3. The average Bonchev–Trinajstić information content (AvgIpc) is 2.57. The normalized spacial score (nSPS) is 18.5. The molecule has 0 amide bonds. The minimum Gasteiger partial charge on any atom is -0.321 e. The molecule has 1 aliphatic carbocycles. The maximum absolute atomic E-state index is 11.7. The Balaban J connectivity index is 2.10. The molecular formula is C11H17N3O. The molecule has 1 fully saturated rings. The highest BCUT2D eigenvalue weighted by atomic mass is 16.1.